The van der Waals surface area contributed by atoms with Gasteiger partial charge in [0.05, 0.1) is 0 Å². The molecular formula is C22H33Cl2OTi. The van der Waals surface area contributed by atoms with Crippen molar-refractivity contribution in [2.75, 3.05) is 6.61 Å². The summed E-state index contributed by atoms with van der Waals surface area (Å²) in [6, 6.07) is 0. The molecule has 0 aliphatic heterocycles. The Morgan fingerprint density at radius 3 is 2.12 bits per heavy atom. The Morgan fingerprint density at radius 2 is 1.69 bits per heavy atom. The maximum atomic E-state index is 6.50. The third kappa shape index (κ3) is 5.85. The van der Waals surface area contributed by atoms with E-state index in [1.807, 2.05) is 0 Å². The maximum Gasteiger partial charge on any atom is -1.00 e. The van der Waals surface area contributed by atoms with Crippen LogP contribution in [0.25, 0.3) is 0 Å². The van der Waals surface area contributed by atoms with Gasteiger partial charge in [0.15, 0.2) is 0 Å². The molecule has 0 radical (unpaired) electrons. The van der Waals surface area contributed by atoms with Gasteiger partial charge in [0.2, 0.25) is 0 Å². The van der Waals surface area contributed by atoms with Gasteiger partial charge >= 0.3 is 161 Å². The topological polar surface area (TPSA) is 9.23 Å². The van der Waals surface area contributed by atoms with Crippen LogP contribution in [0.4, 0.5) is 0 Å². The van der Waals surface area contributed by atoms with Crippen molar-refractivity contribution >= 4 is 0 Å². The van der Waals surface area contributed by atoms with Crippen LogP contribution < -0.4 is 24.8 Å². The number of hydrogen-bond acceptors (Lipinski definition) is 1. The summed E-state index contributed by atoms with van der Waals surface area (Å²) in [7, 11) is 0. The SMILES string of the molecule is CCOC1(CC2=[C]([Ti+2])CC=C2)CC=C(C(C)(C)C)C=C1C(C)(C)C.[Cl-].[Cl-]. The second-order valence-corrected chi connectivity index (χ2v) is 10.1. The molecule has 4 heteroatoms. The van der Waals surface area contributed by atoms with Gasteiger partial charge in [-0.15, -0.1) is 0 Å². The minimum absolute atomic E-state index is 0. The summed E-state index contributed by atoms with van der Waals surface area (Å²) >= 11 is 2.26. The van der Waals surface area contributed by atoms with Crippen molar-refractivity contribution in [2.24, 2.45) is 10.8 Å². The van der Waals surface area contributed by atoms with E-state index in [0.717, 1.165) is 25.9 Å². The van der Waals surface area contributed by atoms with Crippen molar-refractivity contribution in [3.05, 3.63) is 44.9 Å². The summed E-state index contributed by atoms with van der Waals surface area (Å²) < 4.78 is 7.99. The zero-order chi connectivity index (χ0) is 18.2. The van der Waals surface area contributed by atoms with E-state index in [1.165, 1.54) is 20.6 Å². The van der Waals surface area contributed by atoms with Crippen LogP contribution in [0.5, 0.6) is 0 Å². The van der Waals surface area contributed by atoms with Crippen LogP contribution >= 0.6 is 0 Å². The van der Waals surface area contributed by atoms with Gasteiger partial charge in [0, 0.05) is 0 Å². The van der Waals surface area contributed by atoms with Gasteiger partial charge in [-0.3, -0.25) is 0 Å². The summed E-state index contributed by atoms with van der Waals surface area (Å²) in [6.45, 7) is 16.7. The van der Waals surface area contributed by atoms with Crippen molar-refractivity contribution in [2.45, 2.75) is 73.3 Å². The molecule has 0 heterocycles. The second-order valence-electron chi connectivity index (χ2n) is 9.14. The van der Waals surface area contributed by atoms with Gasteiger partial charge in [-0.25, -0.2) is 0 Å². The zero-order valence-electron chi connectivity index (χ0n) is 17.3. The molecule has 2 aliphatic rings. The fourth-order valence-electron chi connectivity index (χ4n) is 3.81. The largest absolute Gasteiger partial charge is 1.00 e. The minimum Gasteiger partial charge on any atom is -1.00 e. The zero-order valence-corrected chi connectivity index (χ0v) is 20.4. The second kappa shape index (κ2) is 9.61. The van der Waals surface area contributed by atoms with Gasteiger partial charge in [0.1, 0.15) is 0 Å². The standard InChI is InChI=1S/C22H33O.2ClH.Ti/c1-8-23-22(16-17-11-9-10-12-17)14-13-18(20(2,3)4)15-19(22)21(5,6)7;;;/h9,11,13,15H,8,10,14,16H2,1-7H3;2*1H;/q;;;+2/p-2. The van der Waals surface area contributed by atoms with E-state index in [9.17, 15) is 0 Å². The molecule has 0 amide bonds. The molecule has 145 valence electrons. The Kier molecular flexibility index (Phi) is 9.69. The molecule has 2 aliphatic carbocycles. The molecule has 1 atom stereocenters. The third-order valence-corrected chi connectivity index (χ3v) is 5.86. The van der Waals surface area contributed by atoms with Gasteiger partial charge in [-0.05, 0) is 0 Å². The van der Waals surface area contributed by atoms with Gasteiger partial charge in [-0.2, -0.15) is 0 Å². The van der Waals surface area contributed by atoms with Crippen LogP contribution in [0, 0.1) is 10.8 Å². The van der Waals surface area contributed by atoms with Gasteiger partial charge < -0.3 is 24.8 Å². The first-order valence-electron chi connectivity index (χ1n) is 9.17. The molecule has 0 saturated carbocycles. The molecule has 0 saturated heterocycles. The number of hydrogen-bond donors (Lipinski definition) is 0. The average molecular weight is 432 g/mol. The van der Waals surface area contributed by atoms with E-state index in [0.29, 0.717) is 0 Å². The normalized spacial score (nSPS) is 23.3. The van der Waals surface area contributed by atoms with E-state index in [1.54, 1.807) is 0 Å². The molecule has 1 nitrogen and oxygen atoms in total. The van der Waals surface area contributed by atoms with E-state index in [2.05, 4.69) is 93.2 Å². The molecule has 0 bridgehead atoms. The Labute approximate surface area is 185 Å². The van der Waals surface area contributed by atoms with E-state index in [-0.39, 0.29) is 41.2 Å². The summed E-state index contributed by atoms with van der Waals surface area (Å²) in [5, 5.41) is 0. The van der Waals surface area contributed by atoms with Crippen molar-refractivity contribution < 1.29 is 50.0 Å². The molecule has 2 rings (SSSR count). The van der Waals surface area contributed by atoms with Crippen molar-refractivity contribution in [1.82, 2.24) is 0 Å². The number of rotatable bonds is 4. The molecular weight excluding hydrogens is 399 g/mol. The van der Waals surface area contributed by atoms with Crippen LogP contribution in [0.1, 0.15) is 67.7 Å². The maximum absolute atomic E-state index is 6.50. The van der Waals surface area contributed by atoms with Gasteiger partial charge in [-0.1, -0.05) is 0 Å². The van der Waals surface area contributed by atoms with E-state index in [4.69, 9.17) is 4.74 Å². The van der Waals surface area contributed by atoms with Crippen LogP contribution in [-0.4, -0.2) is 12.2 Å². The predicted molar refractivity (Wildman–Crippen MR) is 99.5 cm³/mol. The number of halogens is 2. The fraction of sp³-hybridized carbons (Fsp3) is 0.636. The first-order chi connectivity index (χ1) is 11.0. The Hall–Kier alpha value is 0.214. The summed E-state index contributed by atoms with van der Waals surface area (Å²) in [4.78, 5) is 0. The summed E-state index contributed by atoms with van der Waals surface area (Å²) in [5.41, 5.74) is 4.42. The monoisotopic (exact) mass is 431 g/mol. The van der Waals surface area contributed by atoms with Crippen LogP contribution in [0.3, 0.4) is 0 Å². The number of ether oxygens (including phenoxy) is 1. The molecule has 0 aromatic rings. The van der Waals surface area contributed by atoms with Crippen LogP contribution in [-0.2, 0) is 25.2 Å². The molecule has 1 unspecified atom stereocenters. The molecule has 0 spiro atoms. The molecule has 0 aromatic carbocycles. The molecule has 26 heavy (non-hydrogen) atoms. The van der Waals surface area contributed by atoms with Crippen molar-refractivity contribution in [3.63, 3.8) is 0 Å². The minimum atomic E-state index is -0.201. The first-order valence-corrected chi connectivity index (χ1v) is 9.95. The molecule has 0 fully saturated rings. The fourth-order valence-corrected chi connectivity index (χ4v) is 4.26. The smallest absolute Gasteiger partial charge is 1.00 e. The Bertz CT molecular complexity index is 615. The average Bonchev–Trinajstić information content (AvgIpc) is 2.82. The van der Waals surface area contributed by atoms with Crippen LogP contribution in [0.15, 0.2) is 44.9 Å². The summed E-state index contributed by atoms with van der Waals surface area (Å²) in [5.74, 6) is 0. The molecule has 0 N–H and O–H groups in total. The van der Waals surface area contributed by atoms with Crippen LogP contribution in [0.2, 0.25) is 0 Å². The van der Waals surface area contributed by atoms with E-state index < -0.39 is 0 Å². The third-order valence-electron chi connectivity index (χ3n) is 5.04. The quantitative estimate of drug-likeness (QED) is 0.580. The Morgan fingerprint density at radius 1 is 1.08 bits per heavy atom. The van der Waals surface area contributed by atoms with E-state index >= 15 is 0 Å². The Balaban J connectivity index is 0.00000312. The van der Waals surface area contributed by atoms with Crippen molar-refractivity contribution in [1.29, 1.82) is 0 Å². The van der Waals surface area contributed by atoms with Crippen molar-refractivity contribution in [3.8, 4) is 0 Å². The molecule has 0 aromatic heterocycles. The van der Waals surface area contributed by atoms with Gasteiger partial charge in [0.25, 0.3) is 0 Å². The first kappa shape index (κ1) is 26.2. The number of allylic oxidation sites excluding steroid dienone is 5. The predicted octanol–water partition coefficient (Wildman–Crippen LogP) is 0.269. The summed E-state index contributed by atoms with van der Waals surface area (Å²) in [6.07, 6.45) is 12.5.